The zero-order valence-corrected chi connectivity index (χ0v) is 10.4. The van der Waals surface area contributed by atoms with Crippen LogP contribution in [0.25, 0.3) is 10.9 Å². The van der Waals surface area contributed by atoms with Gasteiger partial charge in [0.2, 0.25) is 0 Å². The summed E-state index contributed by atoms with van der Waals surface area (Å²) in [5, 5.41) is 6.60. The third-order valence-electron chi connectivity index (χ3n) is 2.05. The lowest BCUT2D eigenvalue weighted by Crippen LogP contribution is -2.28. The van der Waals surface area contributed by atoms with E-state index in [1.807, 2.05) is 0 Å². The number of nitrogens with zero attached hydrogens (tertiary/aromatic N) is 2. The summed E-state index contributed by atoms with van der Waals surface area (Å²) in [4.78, 5) is 0. The van der Waals surface area contributed by atoms with Crippen LogP contribution in [0.5, 0.6) is 5.88 Å². The lowest BCUT2D eigenvalue weighted by molar-refractivity contribution is -0.0501. The Balaban J connectivity index is 2.51. The van der Waals surface area contributed by atoms with Gasteiger partial charge in [-0.25, -0.2) is 0 Å². The summed E-state index contributed by atoms with van der Waals surface area (Å²) in [5.41, 5.74) is -5.27. The van der Waals surface area contributed by atoms with Gasteiger partial charge in [0.05, 0.1) is 5.52 Å². The zero-order valence-electron chi connectivity index (χ0n) is 8.85. The molecule has 0 bridgehead atoms. The molecule has 0 fully saturated rings. The van der Waals surface area contributed by atoms with E-state index in [4.69, 9.17) is 11.6 Å². The van der Waals surface area contributed by atoms with Gasteiger partial charge in [-0.1, -0.05) is 29.8 Å². The van der Waals surface area contributed by atoms with E-state index in [1.165, 1.54) is 12.1 Å². The van der Waals surface area contributed by atoms with Crippen molar-refractivity contribution in [2.45, 2.75) is 5.51 Å². The molecule has 0 aliphatic rings. The highest BCUT2D eigenvalue weighted by Crippen LogP contribution is 2.33. The Kier molecular flexibility index (Phi) is 3.27. The molecule has 1 heterocycles. The van der Waals surface area contributed by atoms with Crippen LogP contribution < -0.4 is 4.18 Å². The lowest BCUT2D eigenvalue weighted by atomic mass is 10.2. The molecule has 0 unspecified atom stereocenters. The van der Waals surface area contributed by atoms with Gasteiger partial charge in [-0.05, 0) is 6.07 Å². The molecule has 10 heteroatoms. The van der Waals surface area contributed by atoms with Gasteiger partial charge in [0.25, 0.3) is 5.88 Å². The third kappa shape index (κ3) is 2.56. The van der Waals surface area contributed by atoms with Crippen LogP contribution in [0.15, 0.2) is 24.3 Å². The van der Waals surface area contributed by atoms with Crippen molar-refractivity contribution < 1.29 is 25.8 Å². The molecule has 0 aliphatic carbocycles. The van der Waals surface area contributed by atoms with Gasteiger partial charge in [0, 0.05) is 5.39 Å². The minimum atomic E-state index is -5.83. The summed E-state index contributed by atoms with van der Waals surface area (Å²) >= 11 is 5.74. The lowest BCUT2D eigenvalue weighted by Gasteiger charge is -2.09. The quantitative estimate of drug-likeness (QED) is 0.629. The molecule has 2 rings (SSSR count). The van der Waals surface area contributed by atoms with Crippen molar-refractivity contribution in [1.29, 1.82) is 0 Å². The molecule has 0 radical (unpaired) electrons. The van der Waals surface area contributed by atoms with Crippen LogP contribution in [0.4, 0.5) is 13.2 Å². The van der Waals surface area contributed by atoms with Crippen LogP contribution in [-0.2, 0) is 10.1 Å². The SMILES string of the molecule is O=S(=O)(Oc1nnc2ccccc2c1Cl)C(F)(F)F. The second-order valence-corrected chi connectivity index (χ2v) is 5.24. The molecule has 0 aliphatic heterocycles. The fraction of sp³-hybridized carbons (Fsp3) is 0.111. The number of halogens is 4. The maximum atomic E-state index is 12.2. The Morgan fingerprint density at radius 2 is 1.79 bits per heavy atom. The molecule has 0 saturated carbocycles. The standard InChI is InChI=1S/C9H4ClF3N2O3S/c10-7-5-3-1-2-4-6(5)14-15-8(7)18-19(16,17)9(11,12)13/h1-4H. The Bertz CT molecular complexity index is 733. The maximum absolute atomic E-state index is 12.2. The van der Waals surface area contributed by atoms with Gasteiger partial charge < -0.3 is 4.18 Å². The average molecular weight is 313 g/mol. The Hall–Kier alpha value is -1.61. The van der Waals surface area contributed by atoms with Gasteiger partial charge in [0.1, 0.15) is 5.02 Å². The molecule has 19 heavy (non-hydrogen) atoms. The summed E-state index contributed by atoms with van der Waals surface area (Å²) in [6, 6.07) is 6.12. The first-order valence-corrected chi connectivity index (χ1v) is 6.42. The molecule has 0 saturated heterocycles. The third-order valence-corrected chi connectivity index (χ3v) is 3.36. The average Bonchev–Trinajstić information content (AvgIpc) is 2.31. The fourth-order valence-corrected chi connectivity index (χ4v) is 1.91. The van der Waals surface area contributed by atoms with E-state index in [-0.39, 0.29) is 10.4 Å². The summed E-state index contributed by atoms with van der Waals surface area (Å²) in [7, 11) is -5.83. The highest BCUT2D eigenvalue weighted by molar-refractivity contribution is 7.88. The zero-order chi connectivity index (χ0) is 14.3. The first kappa shape index (κ1) is 13.8. The van der Waals surface area contributed by atoms with E-state index in [0.29, 0.717) is 5.52 Å². The molecule has 5 nitrogen and oxygen atoms in total. The smallest absolute Gasteiger partial charge is 0.352 e. The van der Waals surface area contributed by atoms with Gasteiger partial charge >= 0.3 is 15.6 Å². The minimum absolute atomic E-state index is 0.228. The number of rotatable bonds is 2. The van der Waals surface area contributed by atoms with Crippen LogP contribution >= 0.6 is 11.6 Å². The molecule has 0 amide bonds. The number of alkyl halides is 3. The highest BCUT2D eigenvalue weighted by atomic mass is 35.5. The Morgan fingerprint density at radius 1 is 1.16 bits per heavy atom. The molecular weight excluding hydrogens is 309 g/mol. The number of benzene rings is 1. The monoisotopic (exact) mass is 312 g/mol. The molecule has 0 atom stereocenters. The fourth-order valence-electron chi connectivity index (χ4n) is 1.21. The second kappa shape index (κ2) is 4.49. The van der Waals surface area contributed by atoms with Gasteiger partial charge in [-0.3, -0.25) is 0 Å². The first-order valence-electron chi connectivity index (χ1n) is 4.64. The normalized spacial score (nSPS) is 12.6. The molecule has 2 aromatic rings. The van der Waals surface area contributed by atoms with E-state index in [9.17, 15) is 21.6 Å². The predicted octanol–water partition coefficient (Wildman–Crippen LogP) is 2.51. The van der Waals surface area contributed by atoms with Crippen molar-refractivity contribution in [2.24, 2.45) is 0 Å². The van der Waals surface area contributed by atoms with E-state index in [0.717, 1.165) is 0 Å². The second-order valence-electron chi connectivity index (χ2n) is 3.32. The van der Waals surface area contributed by atoms with Crippen LogP contribution in [0.2, 0.25) is 5.02 Å². The van der Waals surface area contributed by atoms with E-state index >= 15 is 0 Å². The van der Waals surface area contributed by atoms with Gasteiger partial charge in [-0.2, -0.15) is 21.6 Å². The first-order chi connectivity index (χ1) is 8.72. The summed E-state index contributed by atoms with van der Waals surface area (Å²) in [6.45, 7) is 0. The Morgan fingerprint density at radius 3 is 2.42 bits per heavy atom. The van der Waals surface area contributed by atoms with E-state index < -0.39 is 21.5 Å². The van der Waals surface area contributed by atoms with Gasteiger partial charge in [0.15, 0.2) is 0 Å². The summed E-state index contributed by atoms with van der Waals surface area (Å²) < 4.78 is 62.0. The van der Waals surface area contributed by atoms with E-state index in [2.05, 4.69) is 14.4 Å². The van der Waals surface area contributed by atoms with Crippen LogP contribution in [0.1, 0.15) is 0 Å². The summed E-state index contributed by atoms with van der Waals surface area (Å²) in [5.74, 6) is -0.919. The van der Waals surface area contributed by atoms with Crippen LogP contribution in [0, 0.1) is 0 Å². The molecule has 1 aromatic carbocycles. The molecule has 1 aromatic heterocycles. The van der Waals surface area contributed by atoms with Crippen molar-refractivity contribution in [3.8, 4) is 5.88 Å². The molecule has 0 spiro atoms. The van der Waals surface area contributed by atoms with Gasteiger partial charge in [-0.15, -0.1) is 10.2 Å². The van der Waals surface area contributed by atoms with Crippen molar-refractivity contribution in [2.75, 3.05) is 0 Å². The molecule has 0 N–H and O–H groups in total. The Labute approximate surface area is 110 Å². The van der Waals surface area contributed by atoms with Crippen molar-refractivity contribution >= 4 is 32.6 Å². The highest BCUT2D eigenvalue weighted by Gasteiger charge is 2.49. The molecular formula is C9H4ClF3N2O3S. The molecule has 102 valence electrons. The van der Waals surface area contributed by atoms with Crippen molar-refractivity contribution in [3.63, 3.8) is 0 Å². The van der Waals surface area contributed by atoms with Crippen molar-refractivity contribution in [3.05, 3.63) is 29.3 Å². The minimum Gasteiger partial charge on any atom is -0.352 e. The number of hydrogen-bond acceptors (Lipinski definition) is 5. The number of hydrogen-bond donors (Lipinski definition) is 0. The largest absolute Gasteiger partial charge is 0.534 e. The van der Waals surface area contributed by atoms with Crippen molar-refractivity contribution in [1.82, 2.24) is 10.2 Å². The predicted molar refractivity (Wildman–Crippen MR) is 60.2 cm³/mol. The number of fused-ring (bicyclic) bond motifs is 1. The number of aromatic nitrogens is 2. The maximum Gasteiger partial charge on any atom is 0.534 e. The summed E-state index contributed by atoms with van der Waals surface area (Å²) in [6.07, 6.45) is 0. The van der Waals surface area contributed by atoms with E-state index in [1.54, 1.807) is 12.1 Å². The topological polar surface area (TPSA) is 69.2 Å². The van der Waals surface area contributed by atoms with Crippen LogP contribution in [0.3, 0.4) is 0 Å². The van der Waals surface area contributed by atoms with Crippen LogP contribution in [-0.4, -0.2) is 24.1 Å².